The Morgan fingerprint density at radius 1 is 1.35 bits per heavy atom. The first-order chi connectivity index (χ1) is 7.96. The van der Waals surface area contributed by atoms with E-state index in [1.807, 2.05) is 0 Å². The van der Waals surface area contributed by atoms with Crippen molar-refractivity contribution in [1.82, 2.24) is 14.8 Å². The van der Waals surface area contributed by atoms with Gasteiger partial charge in [-0.2, -0.15) is 4.39 Å². The molecule has 0 radical (unpaired) electrons. The molecular weight excluding hydrogens is 233 g/mol. The van der Waals surface area contributed by atoms with Crippen LogP contribution in [-0.2, 0) is 0 Å². The third kappa shape index (κ3) is 1.53. The number of fused-ring (bicyclic) bond motifs is 1. The lowest BCUT2D eigenvalue weighted by Crippen LogP contribution is -2.37. The lowest BCUT2D eigenvalue weighted by Gasteiger charge is -2.34. The Morgan fingerprint density at radius 3 is 2.71 bits per heavy atom. The third-order valence-electron chi connectivity index (χ3n) is 2.95. The van der Waals surface area contributed by atoms with Crippen LogP contribution in [0.3, 0.4) is 0 Å². The quantitative estimate of drug-likeness (QED) is 0.833. The number of alkyl halides is 2. The molecule has 0 amide bonds. The maximum absolute atomic E-state index is 13.5. The SMILES string of the molecule is Nc1ccc2c(F)nn(C3CC(F)(F)C3)c2n1. The van der Waals surface area contributed by atoms with Crippen molar-refractivity contribution in [3.05, 3.63) is 18.1 Å². The average Bonchev–Trinajstić information content (AvgIpc) is 2.52. The normalized spacial score (nSPS) is 19.5. The van der Waals surface area contributed by atoms with Crippen molar-refractivity contribution in [3.8, 4) is 0 Å². The Bertz CT molecular complexity index is 584. The van der Waals surface area contributed by atoms with Crippen molar-refractivity contribution in [2.45, 2.75) is 24.8 Å². The van der Waals surface area contributed by atoms with Gasteiger partial charge in [0, 0.05) is 12.8 Å². The Labute approximate surface area is 94.2 Å². The summed E-state index contributed by atoms with van der Waals surface area (Å²) < 4.78 is 40.2. The number of pyridine rings is 1. The maximum Gasteiger partial charge on any atom is 0.252 e. The number of rotatable bonds is 1. The number of nitrogens with two attached hydrogens (primary N) is 1. The topological polar surface area (TPSA) is 56.7 Å². The van der Waals surface area contributed by atoms with E-state index in [0.717, 1.165) is 0 Å². The van der Waals surface area contributed by atoms with Crippen LogP contribution in [0.1, 0.15) is 18.9 Å². The smallest absolute Gasteiger partial charge is 0.252 e. The molecule has 2 aromatic rings. The molecule has 0 aliphatic heterocycles. The minimum Gasteiger partial charge on any atom is -0.384 e. The lowest BCUT2D eigenvalue weighted by atomic mass is 9.88. The fraction of sp³-hybridized carbons (Fsp3) is 0.400. The van der Waals surface area contributed by atoms with Crippen LogP contribution in [0.5, 0.6) is 0 Å². The maximum atomic E-state index is 13.5. The summed E-state index contributed by atoms with van der Waals surface area (Å²) in [6, 6.07) is 2.39. The minimum absolute atomic E-state index is 0.203. The van der Waals surface area contributed by atoms with E-state index >= 15 is 0 Å². The highest BCUT2D eigenvalue weighted by Crippen LogP contribution is 2.46. The second-order valence-electron chi connectivity index (χ2n) is 4.26. The molecule has 2 N–H and O–H groups in total. The van der Waals surface area contributed by atoms with Crippen LogP contribution in [0.15, 0.2) is 12.1 Å². The van der Waals surface area contributed by atoms with E-state index in [9.17, 15) is 13.2 Å². The predicted molar refractivity (Wildman–Crippen MR) is 55.1 cm³/mol. The van der Waals surface area contributed by atoms with E-state index in [0.29, 0.717) is 0 Å². The molecule has 1 aliphatic carbocycles. The summed E-state index contributed by atoms with van der Waals surface area (Å²) in [4.78, 5) is 3.94. The Hall–Kier alpha value is -1.79. The Morgan fingerprint density at radius 2 is 2.06 bits per heavy atom. The summed E-state index contributed by atoms with van der Waals surface area (Å²) in [7, 11) is 0. The summed E-state index contributed by atoms with van der Waals surface area (Å²) in [5.74, 6) is -3.17. The van der Waals surface area contributed by atoms with Gasteiger partial charge in [0.05, 0.1) is 11.4 Å². The van der Waals surface area contributed by atoms with Gasteiger partial charge in [-0.1, -0.05) is 0 Å². The van der Waals surface area contributed by atoms with Crippen molar-refractivity contribution in [3.63, 3.8) is 0 Å². The number of nitrogens with zero attached hydrogens (tertiary/aromatic N) is 3. The van der Waals surface area contributed by atoms with Crippen molar-refractivity contribution in [2.24, 2.45) is 0 Å². The first kappa shape index (κ1) is 10.4. The van der Waals surface area contributed by atoms with Crippen LogP contribution >= 0.6 is 0 Å². The van der Waals surface area contributed by atoms with Crippen LogP contribution < -0.4 is 5.73 Å². The Balaban J connectivity index is 2.08. The molecule has 4 nitrogen and oxygen atoms in total. The molecule has 2 aromatic heterocycles. The van der Waals surface area contributed by atoms with Gasteiger partial charge in [0.1, 0.15) is 5.82 Å². The van der Waals surface area contributed by atoms with Crippen molar-refractivity contribution >= 4 is 16.9 Å². The van der Waals surface area contributed by atoms with Gasteiger partial charge in [0.15, 0.2) is 5.65 Å². The summed E-state index contributed by atoms with van der Waals surface area (Å²) in [5, 5.41) is 3.82. The zero-order valence-electron chi connectivity index (χ0n) is 8.70. The van der Waals surface area contributed by atoms with Gasteiger partial charge < -0.3 is 5.73 Å². The average molecular weight is 242 g/mol. The molecule has 7 heteroatoms. The molecule has 1 saturated carbocycles. The molecule has 0 spiro atoms. The number of aromatic nitrogens is 3. The molecular formula is C10H9F3N4. The highest BCUT2D eigenvalue weighted by Gasteiger charge is 2.47. The molecule has 0 atom stereocenters. The van der Waals surface area contributed by atoms with Gasteiger partial charge >= 0.3 is 0 Å². The van der Waals surface area contributed by atoms with Crippen molar-refractivity contribution < 1.29 is 13.2 Å². The number of anilines is 1. The molecule has 0 aromatic carbocycles. The molecule has 2 heterocycles. The summed E-state index contributed by atoms with van der Waals surface area (Å²) in [6.45, 7) is 0. The van der Waals surface area contributed by atoms with E-state index in [1.54, 1.807) is 0 Å². The first-order valence-corrected chi connectivity index (χ1v) is 5.14. The molecule has 0 unspecified atom stereocenters. The second-order valence-corrected chi connectivity index (χ2v) is 4.26. The summed E-state index contributed by atoms with van der Waals surface area (Å²) in [6.07, 6.45) is -0.667. The largest absolute Gasteiger partial charge is 0.384 e. The van der Waals surface area contributed by atoms with E-state index in [1.165, 1.54) is 16.8 Å². The fourth-order valence-corrected chi connectivity index (χ4v) is 2.05. The molecule has 17 heavy (non-hydrogen) atoms. The first-order valence-electron chi connectivity index (χ1n) is 5.14. The zero-order valence-corrected chi connectivity index (χ0v) is 8.70. The van der Waals surface area contributed by atoms with Gasteiger partial charge in [0.25, 0.3) is 5.92 Å². The zero-order chi connectivity index (χ0) is 12.2. The highest BCUT2D eigenvalue weighted by molar-refractivity contribution is 5.77. The van der Waals surface area contributed by atoms with Gasteiger partial charge in [-0.3, -0.25) is 0 Å². The highest BCUT2D eigenvalue weighted by atomic mass is 19.3. The molecule has 90 valence electrons. The van der Waals surface area contributed by atoms with Gasteiger partial charge in [-0.15, -0.1) is 5.10 Å². The summed E-state index contributed by atoms with van der Waals surface area (Å²) >= 11 is 0. The number of hydrogen-bond donors (Lipinski definition) is 1. The fourth-order valence-electron chi connectivity index (χ4n) is 2.05. The van der Waals surface area contributed by atoms with Crippen molar-refractivity contribution in [2.75, 3.05) is 5.73 Å². The third-order valence-corrected chi connectivity index (χ3v) is 2.95. The standard InChI is InChI=1S/C10H9F3N4/c11-8-6-1-2-7(14)15-9(6)17(16-8)5-3-10(12,13)4-5/h1-2,5H,3-4H2,(H2,14,15). The van der Waals surface area contributed by atoms with Gasteiger partial charge in [0.2, 0.25) is 5.95 Å². The number of hydrogen-bond acceptors (Lipinski definition) is 3. The summed E-state index contributed by atoms with van der Waals surface area (Å²) in [5.41, 5.74) is 5.72. The van der Waals surface area contributed by atoms with Crippen molar-refractivity contribution in [1.29, 1.82) is 0 Å². The van der Waals surface area contributed by atoms with E-state index in [2.05, 4.69) is 10.1 Å². The van der Waals surface area contributed by atoms with Crippen LogP contribution in [0, 0.1) is 5.95 Å². The van der Waals surface area contributed by atoms with Crippen LogP contribution in [-0.4, -0.2) is 20.7 Å². The molecule has 1 aliphatic rings. The van der Waals surface area contributed by atoms with Crippen LogP contribution in [0.25, 0.3) is 11.0 Å². The van der Waals surface area contributed by atoms with Crippen LogP contribution in [0.4, 0.5) is 19.0 Å². The van der Waals surface area contributed by atoms with Gasteiger partial charge in [-0.25, -0.2) is 18.4 Å². The molecule has 3 rings (SSSR count). The monoisotopic (exact) mass is 242 g/mol. The minimum atomic E-state index is -2.68. The molecule has 0 bridgehead atoms. The van der Waals surface area contributed by atoms with E-state index in [4.69, 9.17) is 5.73 Å². The van der Waals surface area contributed by atoms with E-state index in [-0.39, 0.29) is 29.7 Å². The second kappa shape index (κ2) is 3.12. The Kier molecular flexibility index (Phi) is 1.90. The van der Waals surface area contributed by atoms with E-state index < -0.39 is 17.9 Å². The number of halogens is 3. The molecule has 0 saturated heterocycles. The number of nitrogen functional groups attached to an aromatic ring is 1. The molecule has 1 fully saturated rings. The van der Waals surface area contributed by atoms with Crippen LogP contribution in [0.2, 0.25) is 0 Å². The predicted octanol–water partition coefficient (Wildman–Crippen LogP) is 2.12. The van der Waals surface area contributed by atoms with Gasteiger partial charge in [-0.05, 0) is 12.1 Å². The lowest BCUT2D eigenvalue weighted by molar-refractivity contribution is -0.106.